The fourth-order valence-corrected chi connectivity index (χ4v) is 7.87. The molecule has 0 saturated carbocycles. The van der Waals surface area contributed by atoms with E-state index in [1.165, 1.54) is 51.4 Å². The minimum atomic E-state index is -0.793. The van der Waals surface area contributed by atoms with Crippen molar-refractivity contribution in [3.05, 3.63) is 48.6 Å². The van der Waals surface area contributed by atoms with Crippen LogP contribution in [0.5, 0.6) is 0 Å². The minimum absolute atomic E-state index is 0.0114. The van der Waals surface area contributed by atoms with E-state index in [1.807, 2.05) is 21.0 Å². The lowest BCUT2D eigenvalue weighted by Gasteiger charge is -2.33. The highest BCUT2D eigenvalue weighted by molar-refractivity contribution is 5.80. The number of carbonyl (C=O) groups is 4. The fourth-order valence-electron chi connectivity index (χ4n) is 7.87. The van der Waals surface area contributed by atoms with Crippen LogP contribution in [0.25, 0.3) is 0 Å². The Balaban J connectivity index is 5.56. The second-order valence-electron chi connectivity index (χ2n) is 19.3. The lowest BCUT2D eigenvalue weighted by molar-refractivity contribution is -0.158. The first-order valence-electron chi connectivity index (χ1n) is 28.3. The summed E-state index contributed by atoms with van der Waals surface area (Å²) in [6.45, 7) is 10.8. The summed E-state index contributed by atoms with van der Waals surface area (Å²) in [4.78, 5) is 57.3. The Morgan fingerprint density at radius 3 is 1.32 bits per heavy atom. The summed E-state index contributed by atoms with van der Waals surface area (Å²) in [5.41, 5.74) is 0. The number of hydrogen-bond donors (Lipinski definition) is 0. The van der Waals surface area contributed by atoms with E-state index in [4.69, 9.17) is 18.9 Å². The van der Waals surface area contributed by atoms with Crippen LogP contribution in [0.15, 0.2) is 48.6 Å². The quantitative estimate of drug-likeness (QED) is 0.0253. The maximum atomic E-state index is 13.6. The molecule has 0 spiro atoms. The van der Waals surface area contributed by atoms with Gasteiger partial charge in [0.25, 0.3) is 0 Å². The standard InChI is InChI=1S/C59H106N2O8/c1-7-11-15-18-20-22-24-26-28-30-32-34-36-38-40-44-56(62)68-52-55(53-69-57(63)45-41-39-37-35-33-31-29-27-25-23-21-19-16-12-8-2)61(47-43-46-60(5)6)51-54(59(65)67-48-14-10-4)50-58(64)66-49-42-17-13-9-3/h20-23,26-29,54-55H,7-19,24-25,30-53H2,1-6H3/b22-20-,23-21-,28-26-,29-27-. The van der Waals surface area contributed by atoms with Gasteiger partial charge in [0.15, 0.2) is 0 Å². The van der Waals surface area contributed by atoms with E-state index in [0.29, 0.717) is 26.0 Å². The SMILES string of the molecule is CCCCC/C=C\C/C=C\CCCCCCCC(=O)OCC(COC(=O)CCCCCCC/C=C\C/C=C\CCCCC)N(CCCN(C)C)CC(CC(=O)OCCCCCC)C(=O)OCCCC. The van der Waals surface area contributed by atoms with Gasteiger partial charge in [0, 0.05) is 19.4 Å². The maximum Gasteiger partial charge on any atom is 0.310 e. The third kappa shape index (κ3) is 45.6. The molecule has 1 unspecified atom stereocenters. The van der Waals surface area contributed by atoms with E-state index < -0.39 is 23.9 Å². The number of esters is 4. The summed E-state index contributed by atoms with van der Waals surface area (Å²) < 4.78 is 23.2. The number of unbranched alkanes of at least 4 members (excludes halogenated alkanes) is 20. The van der Waals surface area contributed by atoms with E-state index in [0.717, 1.165) is 141 Å². The van der Waals surface area contributed by atoms with E-state index >= 15 is 0 Å². The predicted octanol–water partition coefficient (Wildman–Crippen LogP) is 14.8. The molecule has 0 rings (SSSR count). The van der Waals surface area contributed by atoms with Gasteiger partial charge >= 0.3 is 23.9 Å². The lowest BCUT2D eigenvalue weighted by Crippen LogP contribution is -2.47. The molecule has 0 aromatic carbocycles. The summed E-state index contributed by atoms with van der Waals surface area (Å²) in [5, 5.41) is 0. The molecule has 10 heteroatoms. The van der Waals surface area contributed by atoms with Crippen LogP contribution in [0.1, 0.15) is 233 Å². The van der Waals surface area contributed by atoms with Gasteiger partial charge in [-0.25, -0.2) is 0 Å². The number of ether oxygens (including phenoxy) is 4. The van der Waals surface area contributed by atoms with Crippen LogP contribution in [0.3, 0.4) is 0 Å². The third-order valence-corrected chi connectivity index (χ3v) is 12.3. The van der Waals surface area contributed by atoms with Crippen molar-refractivity contribution in [3.63, 3.8) is 0 Å². The lowest BCUT2D eigenvalue weighted by atomic mass is 10.0. The Morgan fingerprint density at radius 1 is 0.420 bits per heavy atom. The Bertz CT molecular complexity index is 1270. The first-order valence-corrected chi connectivity index (χ1v) is 28.3. The Hall–Kier alpha value is -3.24. The van der Waals surface area contributed by atoms with Crippen LogP contribution in [0.2, 0.25) is 0 Å². The van der Waals surface area contributed by atoms with Gasteiger partial charge in [-0.1, -0.05) is 166 Å². The normalized spacial score (nSPS) is 12.5. The van der Waals surface area contributed by atoms with Crippen molar-refractivity contribution in [1.29, 1.82) is 0 Å². The Labute approximate surface area is 424 Å². The first-order chi connectivity index (χ1) is 33.7. The minimum Gasteiger partial charge on any atom is -0.466 e. The van der Waals surface area contributed by atoms with E-state index in [-0.39, 0.29) is 44.7 Å². The monoisotopic (exact) mass is 971 g/mol. The number of nitrogens with zero attached hydrogens (tertiary/aromatic N) is 2. The summed E-state index contributed by atoms with van der Waals surface area (Å²) in [7, 11) is 4.02. The predicted molar refractivity (Wildman–Crippen MR) is 288 cm³/mol. The summed E-state index contributed by atoms with van der Waals surface area (Å²) in [5.74, 6) is -2.23. The average molecular weight is 972 g/mol. The van der Waals surface area contributed by atoms with Crippen LogP contribution in [0, 0.1) is 5.92 Å². The molecule has 0 aliphatic rings. The van der Waals surface area contributed by atoms with Gasteiger partial charge in [-0.3, -0.25) is 24.1 Å². The van der Waals surface area contributed by atoms with Crippen molar-refractivity contribution in [1.82, 2.24) is 9.80 Å². The smallest absolute Gasteiger partial charge is 0.310 e. The van der Waals surface area contributed by atoms with Gasteiger partial charge < -0.3 is 23.8 Å². The topological polar surface area (TPSA) is 112 Å². The van der Waals surface area contributed by atoms with Gasteiger partial charge in [0.2, 0.25) is 0 Å². The van der Waals surface area contributed by atoms with Crippen molar-refractivity contribution >= 4 is 23.9 Å². The summed E-state index contributed by atoms with van der Waals surface area (Å²) in [6.07, 6.45) is 49.3. The second kappa shape index (κ2) is 51.1. The van der Waals surface area contributed by atoms with Crippen molar-refractivity contribution in [2.45, 2.75) is 239 Å². The second-order valence-corrected chi connectivity index (χ2v) is 19.3. The molecule has 0 N–H and O–H groups in total. The molecular formula is C59H106N2O8. The van der Waals surface area contributed by atoms with Gasteiger partial charge in [0.05, 0.1) is 31.6 Å². The summed E-state index contributed by atoms with van der Waals surface area (Å²) >= 11 is 0. The van der Waals surface area contributed by atoms with E-state index in [1.54, 1.807) is 0 Å². The molecule has 0 aliphatic carbocycles. The molecule has 10 nitrogen and oxygen atoms in total. The molecule has 0 bridgehead atoms. The number of hydrogen-bond acceptors (Lipinski definition) is 10. The molecule has 0 amide bonds. The molecular weight excluding hydrogens is 865 g/mol. The molecule has 0 aromatic heterocycles. The third-order valence-electron chi connectivity index (χ3n) is 12.3. The van der Waals surface area contributed by atoms with Gasteiger partial charge in [-0.15, -0.1) is 0 Å². The van der Waals surface area contributed by atoms with Crippen LogP contribution in [-0.2, 0) is 38.1 Å². The number of carbonyl (C=O) groups excluding carboxylic acids is 4. The largest absolute Gasteiger partial charge is 0.466 e. The molecule has 0 saturated heterocycles. The highest BCUT2D eigenvalue weighted by Gasteiger charge is 2.31. The van der Waals surface area contributed by atoms with Crippen LogP contribution in [-0.4, -0.2) is 99.9 Å². The molecule has 0 fully saturated rings. The van der Waals surface area contributed by atoms with E-state index in [9.17, 15) is 19.2 Å². The van der Waals surface area contributed by atoms with Crippen molar-refractivity contribution in [2.24, 2.45) is 5.92 Å². The Morgan fingerprint density at radius 2 is 0.841 bits per heavy atom. The average Bonchev–Trinajstić information content (AvgIpc) is 3.33. The van der Waals surface area contributed by atoms with Crippen LogP contribution < -0.4 is 0 Å². The van der Waals surface area contributed by atoms with Gasteiger partial charge in [-0.2, -0.15) is 0 Å². The first kappa shape index (κ1) is 65.8. The highest BCUT2D eigenvalue weighted by Crippen LogP contribution is 2.17. The molecule has 0 heterocycles. The van der Waals surface area contributed by atoms with Gasteiger partial charge in [-0.05, 0) is 123 Å². The van der Waals surface area contributed by atoms with Gasteiger partial charge in [0.1, 0.15) is 13.2 Å². The molecule has 1 atom stereocenters. The maximum absolute atomic E-state index is 13.6. The Kier molecular flexibility index (Phi) is 48.7. The highest BCUT2D eigenvalue weighted by atomic mass is 16.6. The molecule has 69 heavy (non-hydrogen) atoms. The van der Waals surface area contributed by atoms with E-state index in [2.05, 4.69) is 79.2 Å². The van der Waals surface area contributed by atoms with Crippen molar-refractivity contribution < 1.29 is 38.1 Å². The van der Waals surface area contributed by atoms with Crippen LogP contribution >= 0.6 is 0 Å². The number of allylic oxidation sites excluding steroid dienone is 8. The molecule has 0 radical (unpaired) electrons. The zero-order valence-electron chi connectivity index (χ0n) is 45.5. The zero-order valence-corrected chi connectivity index (χ0v) is 45.5. The fraction of sp³-hybridized carbons (Fsp3) is 0.797. The molecule has 0 aromatic rings. The molecule has 0 aliphatic heterocycles. The summed E-state index contributed by atoms with van der Waals surface area (Å²) in [6, 6.07) is -0.509. The van der Waals surface area contributed by atoms with Crippen molar-refractivity contribution in [3.8, 4) is 0 Å². The van der Waals surface area contributed by atoms with Crippen LogP contribution in [0.4, 0.5) is 0 Å². The zero-order chi connectivity index (χ0) is 50.7. The van der Waals surface area contributed by atoms with Crippen molar-refractivity contribution in [2.75, 3.05) is 60.2 Å². The molecule has 400 valence electrons. The number of rotatable bonds is 50.